The average molecular weight is 403 g/mol. The zero-order valence-electron chi connectivity index (χ0n) is 15.2. The third-order valence-electron chi connectivity index (χ3n) is 4.26. The van der Waals surface area contributed by atoms with Crippen molar-refractivity contribution in [1.82, 2.24) is 0 Å². The molecule has 0 bridgehead atoms. The van der Waals surface area contributed by atoms with Crippen LogP contribution < -0.4 is 15.0 Å². The predicted octanol–water partition coefficient (Wildman–Crippen LogP) is 3.27. The van der Waals surface area contributed by atoms with Crippen LogP contribution in [0.25, 0.3) is 0 Å². The number of ether oxygens (including phenoxy) is 2. The Balaban J connectivity index is 1.62. The molecular weight excluding hydrogens is 384 g/mol. The van der Waals surface area contributed by atoms with E-state index in [4.69, 9.17) is 21.1 Å². The van der Waals surface area contributed by atoms with E-state index < -0.39 is 18.5 Å². The maximum atomic E-state index is 12.4. The first kappa shape index (κ1) is 19.7. The Morgan fingerprint density at radius 3 is 2.68 bits per heavy atom. The van der Waals surface area contributed by atoms with Gasteiger partial charge >= 0.3 is 5.97 Å². The van der Waals surface area contributed by atoms with Crippen LogP contribution in [0.1, 0.15) is 23.2 Å². The first-order valence-electron chi connectivity index (χ1n) is 8.69. The summed E-state index contributed by atoms with van der Waals surface area (Å²) in [6.07, 6.45) is 1.20. The fraction of sp³-hybridized carbons (Fsp3) is 0.250. The van der Waals surface area contributed by atoms with Gasteiger partial charge in [-0.1, -0.05) is 23.7 Å². The van der Waals surface area contributed by atoms with E-state index in [-0.39, 0.29) is 11.5 Å². The number of carbonyl (C=O) groups is 3. The first-order chi connectivity index (χ1) is 13.5. The third-order valence-corrected chi connectivity index (χ3v) is 4.55. The van der Waals surface area contributed by atoms with Crippen molar-refractivity contribution in [2.24, 2.45) is 0 Å². The molecule has 3 rings (SSSR count). The van der Waals surface area contributed by atoms with Gasteiger partial charge in [0.25, 0.3) is 5.91 Å². The Labute approximate surface area is 167 Å². The molecule has 1 N–H and O–H groups in total. The number of hydrogen-bond acceptors (Lipinski definition) is 5. The van der Waals surface area contributed by atoms with Gasteiger partial charge in [-0.25, -0.2) is 4.79 Å². The number of halogens is 1. The first-order valence-corrected chi connectivity index (χ1v) is 9.07. The zero-order chi connectivity index (χ0) is 20.1. The van der Waals surface area contributed by atoms with Gasteiger partial charge in [-0.15, -0.1) is 0 Å². The molecule has 8 heteroatoms. The topological polar surface area (TPSA) is 84.9 Å². The van der Waals surface area contributed by atoms with Crippen molar-refractivity contribution in [3.05, 3.63) is 53.1 Å². The quantitative estimate of drug-likeness (QED) is 0.749. The lowest BCUT2D eigenvalue weighted by Gasteiger charge is -2.18. The highest BCUT2D eigenvalue weighted by Gasteiger charge is 2.26. The molecule has 0 aliphatic carbocycles. The number of esters is 1. The molecule has 146 valence electrons. The summed E-state index contributed by atoms with van der Waals surface area (Å²) in [7, 11) is 1.49. The van der Waals surface area contributed by atoms with E-state index in [9.17, 15) is 14.4 Å². The molecule has 2 aromatic rings. The Morgan fingerprint density at radius 1 is 1.21 bits per heavy atom. The van der Waals surface area contributed by atoms with E-state index in [0.717, 1.165) is 6.42 Å². The third kappa shape index (κ3) is 4.43. The van der Waals surface area contributed by atoms with Crippen LogP contribution in [0, 0.1) is 0 Å². The fourth-order valence-corrected chi connectivity index (χ4v) is 3.19. The van der Waals surface area contributed by atoms with Crippen LogP contribution in [0.2, 0.25) is 5.02 Å². The molecule has 0 radical (unpaired) electrons. The number of anilines is 2. The molecule has 1 saturated heterocycles. The van der Waals surface area contributed by atoms with Crippen LogP contribution in [0.5, 0.6) is 5.75 Å². The normalized spacial score (nSPS) is 13.4. The van der Waals surface area contributed by atoms with Crippen molar-refractivity contribution in [2.75, 3.05) is 30.5 Å². The monoisotopic (exact) mass is 402 g/mol. The highest BCUT2D eigenvalue weighted by Crippen LogP contribution is 2.28. The molecule has 7 nitrogen and oxygen atoms in total. The molecular formula is C20H19ClN2O5. The van der Waals surface area contributed by atoms with E-state index in [1.165, 1.54) is 13.2 Å². The number of rotatable bonds is 6. The minimum atomic E-state index is -0.668. The van der Waals surface area contributed by atoms with Crippen molar-refractivity contribution >= 4 is 40.8 Å². The van der Waals surface area contributed by atoms with Gasteiger partial charge in [-0.05, 0) is 36.8 Å². The van der Waals surface area contributed by atoms with Crippen molar-refractivity contribution in [3.8, 4) is 5.75 Å². The number of nitrogens with zero attached hydrogens (tertiary/aromatic N) is 1. The second-order valence-electron chi connectivity index (χ2n) is 6.14. The van der Waals surface area contributed by atoms with Crippen LogP contribution >= 0.6 is 11.6 Å². The maximum absolute atomic E-state index is 12.4. The average Bonchev–Trinajstić information content (AvgIpc) is 3.12. The number of para-hydroxylation sites is 1. The summed E-state index contributed by atoms with van der Waals surface area (Å²) in [5.41, 5.74) is 1.20. The lowest BCUT2D eigenvalue weighted by molar-refractivity contribution is -0.119. The Morgan fingerprint density at radius 2 is 2.00 bits per heavy atom. The van der Waals surface area contributed by atoms with E-state index >= 15 is 0 Å². The largest absolute Gasteiger partial charge is 0.495 e. The van der Waals surface area contributed by atoms with Gasteiger partial charge in [0.15, 0.2) is 6.61 Å². The number of amides is 2. The lowest BCUT2D eigenvalue weighted by atomic mass is 10.1. The van der Waals surface area contributed by atoms with Gasteiger partial charge in [-0.3, -0.25) is 9.59 Å². The van der Waals surface area contributed by atoms with Gasteiger partial charge in [0.1, 0.15) is 5.75 Å². The summed E-state index contributed by atoms with van der Waals surface area (Å²) in [6, 6.07) is 11.5. The molecule has 0 saturated carbocycles. The van der Waals surface area contributed by atoms with Crippen LogP contribution in [0.15, 0.2) is 42.5 Å². The number of nitrogens with one attached hydrogen (secondary N) is 1. The summed E-state index contributed by atoms with van der Waals surface area (Å²) in [6.45, 7) is 0.0899. The molecule has 1 fully saturated rings. The summed E-state index contributed by atoms with van der Waals surface area (Å²) in [4.78, 5) is 38.1. The molecule has 28 heavy (non-hydrogen) atoms. The highest BCUT2D eigenvalue weighted by atomic mass is 35.5. The molecule has 1 aliphatic heterocycles. The van der Waals surface area contributed by atoms with Crippen molar-refractivity contribution < 1.29 is 23.9 Å². The predicted molar refractivity (Wildman–Crippen MR) is 105 cm³/mol. The number of hydrogen-bond donors (Lipinski definition) is 1. The van der Waals surface area contributed by atoms with E-state index in [0.29, 0.717) is 35.1 Å². The maximum Gasteiger partial charge on any atom is 0.340 e. The number of methoxy groups -OCH3 is 1. The van der Waals surface area contributed by atoms with E-state index in [2.05, 4.69) is 5.32 Å². The molecule has 1 heterocycles. The summed E-state index contributed by atoms with van der Waals surface area (Å²) in [5, 5.41) is 2.95. The van der Waals surface area contributed by atoms with Crippen LogP contribution in [-0.4, -0.2) is 38.0 Å². The lowest BCUT2D eigenvalue weighted by Crippen LogP contribution is -2.27. The Kier molecular flexibility index (Phi) is 6.16. The Bertz CT molecular complexity index is 915. The molecule has 0 atom stereocenters. The van der Waals surface area contributed by atoms with Crippen molar-refractivity contribution in [3.63, 3.8) is 0 Å². The SMILES string of the molecule is COc1ccc(NC(=O)COC(=O)c2ccccc2N2CCCC2=O)cc1Cl. The van der Waals surface area contributed by atoms with Crippen molar-refractivity contribution in [1.29, 1.82) is 0 Å². The number of carbonyl (C=O) groups excluding carboxylic acids is 3. The molecule has 0 aromatic heterocycles. The molecule has 0 unspecified atom stereocenters. The van der Waals surface area contributed by atoms with Crippen LogP contribution in [0.4, 0.5) is 11.4 Å². The van der Waals surface area contributed by atoms with Crippen LogP contribution in [0.3, 0.4) is 0 Å². The molecule has 2 amide bonds. The molecule has 2 aromatic carbocycles. The van der Waals surface area contributed by atoms with Gasteiger partial charge in [0.05, 0.1) is 23.4 Å². The highest BCUT2D eigenvalue weighted by molar-refractivity contribution is 6.32. The summed E-state index contributed by atoms with van der Waals surface area (Å²) < 4.78 is 10.2. The van der Waals surface area contributed by atoms with Gasteiger partial charge in [0, 0.05) is 18.7 Å². The summed E-state index contributed by atoms with van der Waals surface area (Å²) in [5.74, 6) is -0.726. The number of benzene rings is 2. The fourth-order valence-electron chi connectivity index (χ4n) is 2.93. The second kappa shape index (κ2) is 8.75. The molecule has 0 spiro atoms. The minimum Gasteiger partial charge on any atom is -0.495 e. The Hall–Kier alpha value is -3.06. The van der Waals surface area contributed by atoms with E-state index in [1.54, 1.807) is 41.3 Å². The van der Waals surface area contributed by atoms with Crippen LogP contribution in [-0.2, 0) is 14.3 Å². The standard InChI is InChI=1S/C20H19ClN2O5/c1-27-17-9-8-13(11-15(17)21)22-18(24)12-28-20(26)14-5-2-3-6-16(14)23-10-4-7-19(23)25/h2-3,5-6,8-9,11H,4,7,10,12H2,1H3,(H,22,24). The zero-order valence-corrected chi connectivity index (χ0v) is 16.0. The molecule has 1 aliphatic rings. The minimum absolute atomic E-state index is 0.0330. The second-order valence-corrected chi connectivity index (χ2v) is 6.55. The van der Waals surface area contributed by atoms with Gasteiger partial charge < -0.3 is 19.7 Å². The van der Waals surface area contributed by atoms with Crippen molar-refractivity contribution in [2.45, 2.75) is 12.8 Å². The summed E-state index contributed by atoms with van der Waals surface area (Å²) >= 11 is 6.02. The van der Waals surface area contributed by atoms with Gasteiger partial charge in [-0.2, -0.15) is 0 Å². The smallest absolute Gasteiger partial charge is 0.340 e. The van der Waals surface area contributed by atoms with Gasteiger partial charge in [0.2, 0.25) is 5.91 Å². The van der Waals surface area contributed by atoms with E-state index in [1.807, 2.05) is 0 Å².